The first kappa shape index (κ1) is 10.0. The van der Waals surface area contributed by atoms with Crippen molar-refractivity contribution >= 4 is 0 Å². The molecule has 0 saturated carbocycles. The molecule has 0 aromatic rings. The molecule has 0 spiro atoms. The molecule has 0 radical (unpaired) electrons. The number of piperidine rings is 1. The van der Waals surface area contributed by atoms with E-state index in [4.69, 9.17) is 0 Å². The van der Waals surface area contributed by atoms with Crippen LogP contribution in [0.2, 0.25) is 0 Å². The average Bonchev–Trinajstić information content (AvgIpc) is 2.14. The molecule has 2 nitrogen and oxygen atoms in total. The molecule has 1 N–H and O–H groups in total. The van der Waals surface area contributed by atoms with Crippen LogP contribution in [-0.2, 0) is 0 Å². The molecule has 1 aliphatic rings. The van der Waals surface area contributed by atoms with Gasteiger partial charge in [0, 0.05) is 0 Å². The molecule has 1 saturated heterocycles. The lowest BCUT2D eigenvalue weighted by atomic mass is 10.1. The van der Waals surface area contributed by atoms with Crippen LogP contribution in [0.4, 0.5) is 0 Å². The minimum absolute atomic E-state index is 1.17. The lowest BCUT2D eigenvalue weighted by molar-refractivity contribution is 0.225. The number of hydrogen-bond donors (Lipinski definition) is 1. The van der Waals surface area contributed by atoms with E-state index in [1.807, 2.05) is 7.05 Å². The Labute approximate surface area is 76.3 Å². The molecule has 0 bridgehead atoms. The first-order chi connectivity index (χ1) is 5.93. The molecule has 1 rings (SSSR count). The fourth-order valence-corrected chi connectivity index (χ4v) is 1.82. The zero-order valence-electron chi connectivity index (χ0n) is 8.31. The van der Waals surface area contributed by atoms with E-state index in [2.05, 4.69) is 10.2 Å². The van der Waals surface area contributed by atoms with Gasteiger partial charge in [0.15, 0.2) is 0 Å². The standard InChI is InChI=1S/C10H22N2/c1-11-7-3-6-10-12-8-4-2-5-9-12/h11H,2-10H2,1H3. The fraction of sp³-hybridized carbons (Fsp3) is 1.00. The minimum atomic E-state index is 1.17. The van der Waals surface area contributed by atoms with Gasteiger partial charge in [-0.3, -0.25) is 0 Å². The van der Waals surface area contributed by atoms with E-state index >= 15 is 0 Å². The summed E-state index contributed by atoms with van der Waals surface area (Å²) in [6.45, 7) is 5.19. The normalized spacial score (nSPS) is 19.8. The van der Waals surface area contributed by atoms with E-state index in [9.17, 15) is 0 Å². The smallest absolute Gasteiger partial charge is 0.00183 e. The van der Waals surface area contributed by atoms with Crippen LogP contribution < -0.4 is 5.32 Å². The summed E-state index contributed by atoms with van der Waals surface area (Å²) < 4.78 is 0. The zero-order chi connectivity index (χ0) is 8.65. The van der Waals surface area contributed by atoms with Crippen molar-refractivity contribution in [2.75, 3.05) is 33.2 Å². The van der Waals surface area contributed by atoms with Gasteiger partial charge in [0.25, 0.3) is 0 Å². The molecule has 1 heterocycles. The van der Waals surface area contributed by atoms with Crippen LogP contribution in [0.1, 0.15) is 32.1 Å². The van der Waals surface area contributed by atoms with Gasteiger partial charge in [-0.05, 0) is 58.9 Å². The second kappa shape index (κ2) is 6.44. The molecule has 1 fully saturated rings. The van der Waals surface area contributed by atoms with Gasteiger partial charge in [-0.15, -0.1) is 0 Å². The second-order valence-electron chi connectivity index (χ2n) is 3.71. The number of likely N-dealkylation sites (tertiary alicyclic amines) is 1. The molecule has 0 aromatic heterocycles. The number of hydrogen-bond acceptors (Lipinski definition) is 2. The zero-order valence-corrected chi connectivity index (χ0v) is 8.31. The van der Waals surface area contributed by atoms with Gasteiger partial charge in [-0.25, -0.2) is 0 Å². The Morgan fingerprint density at radius 3 is 2.50 bits per heavy atom. The van der Waals surface area contributed by atoms with E-state index in [0.29, 0.717) is 0 Å². The van der Waals surface area contributed by atoms with Gasteiger partial charge >= 0.3 is 0 Å². The summed E-state index contributed by atoms with van der Waals surface area (Å²) in [6.07, 6.45) is 6.99. The quantitative estimate of drug-likeness (QED) is 0.629. The molecular weight excluding hydrogens is 148 g/mol. The molecule has 0 atom stereocenters. The van der Waals surface area contributed by atoms with Crippen molar-refractivity contribution in [1.29, 1.82) is 0 Å². The van der Waals surface area contributed by atoms with Gasteiger partial charge in [0.1, 0.15) is 0 Å². The van der Waals surface area contributed by atoms with E-state index in [0.717, 1.165) is 0 Å². The topological polar surface area (TPSA) is 15.3 Å². The SMILES string of the molecule is CNCCCCN1CCCCC1. The summed E-state index contributed by atoms with van der Waals surface area (Å²) in [5.41, 5.74) is 0. The van der Waals surface area contributed by atoms with Crippen LogP contribution in [0, 0.1) is 0 Å². The fourth-order valence-electron chi connectivity index (χ4n) is 1.82. The van der Waals surface area contributed by atoms with Crippen molar-refractivity contribution in [2.24, 2.45) is 0 Å². The summed E-state index contributed by atoms with van der Waals surface area (Å²) in [4.78, 5) is 2.61. The Hall–Kier alpha value is -0.0800. The molecular formula is C10H22N2. The lowest BCUT2D eigenvalue weighted by Gasteiger charge is -2.26. The molecule has 2 heteroatoms. The van der Waals surface area contributed by atoms with Crippen molar-refractivity contribution in [1.82, 2.24) is 10.2 Å². The molecule has 0 aliphatic carbocycles. The molecule has 0 aromatic carbocycles. The summed E-state index contributed by atoms with van der Waals surface area (Å²) in [7, 11) is 2.03. The first-order valence-electron chi connectivity index (χ1n) is 5.30. The number of unbranched alkanes of at least 4 members (excludes halogenated alkanes) is 1. The highest BCUT2D eigenvalue weighted by Gasteiger charge is 2.08. The maximum absolute atomic E-state index is 3.19. The van der Waals surface area contributed by atoms with Crippen molar-refractivity contribution in [3.05, 3.63) is 0 Å². The van der Waals surface area contributed by atoms with E-state index in [-0.39, 0.29) is 0 Å². The summed E-state index contributed by atoms with van der Waals surface area (Å²) in [6, 6.07) is 0. The molecule has 0 amide bonds. The van der Waals surface area contributed by atoms with Gasteiger partial charge in [0.2, 0.25) is 0 Å². The number of nitrogens with zero attached hydrogens (tertiary/aromatic N) is 1. The first-order valence-corrected chi connectivity index (χ1v) is 5.30. The predicted octanol–water partition coefficient (Wildman–Crippen LogP) is 1.47. The van der Waals surface area contributed by atoms with Crippen molar-refractivity contribution < 1.29 is 0 Å². The Bertz CT molecular complexity index is 98.0. The van der Waals surface area contributed by atoms with Gasteiger partial charge < -0.3 is 10.2 Å². The highest BCUT2D eigenvalue weighted by molar-refractivity contribution is 4.64. The number of rotatable bonds is 5. The second-order valence-corrected chi connectivity index (χ2v) is 3.71. The minimum Gasteiger partial charge on any atom is -0.320 e. The van der Waals surface area contributed by atoms with Gasteiger partial charge in [0.05, 0.1) is 0 Å². The van der Waals surface area contributed by atoms with Crippen molar-refractivity contribution in [3.8, 4) is 0 Å². The maximum atomic E-state index is 3.19. The Kier molecular flexibility index (Phi) is 5.37. The Morgan fingerprint density at radius 2 is 1.83 bits per heavy atom. The van der Waals surface area contributed by atoms with E-state index in [1.165, 1.54) is 58.3 Å². The number of nitrogens with one attached hydrogen (secondary N) is 1. The lowest BCUT2D eigenvalue weighted by Crippen LogP contribution is -2.30. The van der Waals surface area contributed by atoms with Crippen LogP contribution >= 0.6 is 0 Å². The predicted molar refractivity (Wildman–Crippen MR) is 53.5 cm³/mol. The van der Waals surface area contributed by atoms with E-state index in [1.54, 1.807) is 0 Å². The molecule has 0 unspecified atom stereocenters. The Morgan fingerprint density at radius 1 is 1.08 bits per heavy atom. The summed E-state index contributed by atoms with van der Waals surface area (Å²) in [5, 5.41) is 3.19. The van der Waals surface area contributed by atoms with Crippen LogP contribution in [0.15, 0.2) is 0 Å². The monoisotopic (exact) mass is 170 g/mol. The maximum Gasteiger partial charge on any atom is -0.00183 e. The van der Waals surface area contributed by atoms with Gasteiger partial charge in [-0.2, -0.15) is 0 Å². The van der Waals surface area contributed by atoms with Crippen molar-refractivity contribution in [2.45, 2.75) is 32.1 Å². The average molecular weight is 170 g/mol. The van der Waals surface area contributed by atoms with Crippen LogP contribution in [-0.4, -0.2) is 38.1 Å². The van der Waals surface area contributed by atoms with Crippen LogP contribution in [0.3, 0.4) is 0 Å². The highest BCUT2D eigenvalue weighted by Crippen LogP contribution is 2.08. The summed E-state index contributed by atoms with van der Waals surface area (Å²) >= 11 is 0. The summed E-state index contributed by atoms with van der Waals surface area (Å²) in [5.74, 6) is 0. The van der Waals surface area contributed by atoms with Crippen molar-refractivity contribution in [3.63, 3.8) is 0 Å². The van der Waals surface area contributed by atoms with Crippen LogP contribution in [0.25, 0.3) is 0 Å². The largest absolute Gasteiger partial charge is 0.320 e. The molecule has 12 heavy (non-hydrogen) atoms. The molecule has 1 aliphatic heterocycles. The highest BCUT2D eigenvalue weighted by atomic mass is 15.1. The third-order valence-electron chi connectivity index (χ3n) is 2.60. The van der Waals surface area contributed by atoms with Gasteiger partial charge in [-0.1, -0.05) is 6.42 Å². The molecule has 72 valence electrons. The Balaban J connectivity index is 1.91. The van der Waals surface area contributed by atoms with E-state index < -0.39 is 0 Å². The third-order valence-corrected chi connectivity index (χ3v) is 2.60. The third kappa shape index (κ3) is 4.07. The van der Waals surface area contributed by atoms with Crippen LogP contribution in [0.5, 0.6) is 0 Å².